The Bertz CT molecular complexity index is 498. The lowest BCUT2D eigenvalue weighted by Gasteiger charge is -2.08. The molecule has 2 aliphatic carbocycles. The van der Waals surface area contributed by atoms with Gasteiger partial charge in [0.2, 0.25) is 0 Å². The summed E-state index contributed by atoms with van der Waals surface area (Å²) in [4.78, 5) is 23.3. The number of fused-ring (bicyclic) bond motifs is 2. The van der Waals surface area contributed by atoms with Crippen LogP contribution in [-0.2, 0) is 12.8 Å². The maximum atomic E-state index is 11.7. The highest BCUT2D eigenvalue weighted by atomic mass is 16.2. The van der Waals surface area contributed by atoms with Gasteiger partial charge in [0.25, 0.3) is 0 Å². The van der Waals surface area contributed by atoms with Crippen LogP contribution in [0.25, 0.3) is 0 Å². The first-order valence-electron chi connectivity index (χ1n) is 5.40. The van der Waals surface area contributed by atoms with Gasteiger partial charge in [0, 0.05) is 11.1 Å². The second-order valence-electron chi connectivity index (χ2n) is 4.44. The molecule has 0 atom stereocenters. The molecule has 0 N–H and O–H groups in total. The molecule has 76 valence electrons. The predicted octanol–water partition coefficient (Wildman–Crippen LogP) is 2.25. The standard InChI is InChI=1S/C13H12O2/c1-7-9-4-2-3-8(9)5-10-11(14)6-12(15)13(7)10/h5H,2-4,6H2,1H3. The smallest absolute Gasteiger partial charge is 0.171 e. The van der Waals surface area contributed by atoms with Crippen molar-refractivity contribution in [2.24, 2.45) is 0 Å². The van der Waals surface area contributed by atoms with E-state index in [-0.39, 0.29) is 18.0 Å². The lowest BCUT2D eigenvalue weighted by Crippen LogP contribution is -2.00. The third kappa shape index (κ3) is 1.05. The Morgan fingerprint density at radius 3 is 2.73 bits per heavy atom. The van der Waals surface area contributed by atoms with Crippen LogP contribution in [0.1, 0.15) is 50.2 Å². The van der Waals surface area contributed by atoms with Gasteiger partial charge in [0.1, 0.15) is 0 Å². The second-order valence-corrected chi connectivity index (χ2v) is 4.44. The number of Topliss-reactive ketones (excluding diaryl/α,β-unsaturated/α-hetero) is 2. The van der Waals surface area contributed by atoms with Gasteiger partial charge in [0.05, 0.1) is 6.42 Å². The number of carbonyl (C=O) groups is 2. The van der Waals surface area contributed by atoms with Crippen LogP contribution in [0.5, 0.6) is 0 Å². The Hall–Kier alpha value is -1.44. The number of aryl methyl sites for hydroxylation is 1. The molecule has 2 nitrogen and oxygen atoms in total. The van der Waals surface area contributed by atoms with Gasteiger partial charge >= 0.3 is 0 Å². The first kappa shape index (κ1) is 8.84. The zero-order valence-corrected chi connectivity index (χ0v) is 8.72. The predicted molar refractivity (Wildman–Crippen MR) is 56.5 cm³/mol. The summed E-state index contributed by atoms with van der Waals surface area (Å²) in [6, 6.07) is 1.96. The van der Waals surface area contributed by atoms with Gasteiger partial charge < -0.3 is 0 Å². The van der Waals surface area contributed by atoms with Gasteiger partial charge in [-0.1, -0.05) is 0 Å². The second kappa shape index (κ2) is 2.78. The molecule has 0 aliphatic heterocycles. The summed E-state index contributed by atoms with van der Waals surface area (Å²) in [5.41, 5.74) is 5.06. The molecule has 0 heterocycles. The van der Waals surface area contributed by atoms with Crippen molar-refractivity contribution in [2.45, 2.75) is 32.6 Å². The highest BCUT2D eigenvalue weighted by Gasteiger charge is 2.31. The Morgan fingerprint density at radius 2 is 1.93 bits per heavy atom. The van der Waals surface area contributed by atoms with E-state index in [9.17, 15) is 9.59 Å². The van der Waals surface area contributed by atoms with E-state index < -0.39 is 0 Å². The van der Waals surface area contributed by atoms with E-state index >= 15 is 0 Å². The maximum Gasteiger partial charge on any atom is 0.171 e. The third-order valence-electron chi connectivity index (χ3n) is 3.58. The van der Waals surface area contributed by atoms with Gasteiger partial charge in [-0.3, -0.25) is 9.59 Å². The van der Waals surface area contributed by atoms with Crippen LogP contribution in [-0.4, -0.2) is 11.6 Å². The summed E-state index contributed by atoms with van der Waals surface area (Å²) < 4.78 is 0. The third-order valence-corrected chi connectivity index (χ3v) is 3.58. The van der Waals surface area contributed by atoms with Crippen molar-refractivity contribution in [1.82, 2.24) is 0 Å². The van der Waals surface area contributed by atoms with Gasteiger partial charge in [-0.25, -0.2) is 0 Å². The van der Waals surface area contributed by atoms with Crippen molar-refractivity contribution in [3.05, 3.63) is 33.9 Å². The first-order chi connectivity index (χ1) is 7.18. The molecule has 2 aliphatic rings. The van der Waals surface area contributed by atoms with Crippen LogP contribution in [0.3, 0.4) is 0 Å². The molecule has 0 spiro atoms. The Labute approximate surface area is 88.3 Å². The fourth-order valence-corrected chi connectivity index (χ4v) is 2.86. The van der Waals surface area contributed by atoms with Crippen LogP contribution >= 0.6 is 0 Å². The van der Waals surface area contributed by atoms with Gasteiger partial charge in [-0.15, -0.1) is 0 Å². The summed E-state index contributed by atoms with van der Waals surface area (Å²) in [5.74, 6) is 0.0231. The number of benzene rings is 1. The SMILES string of the molecule is Cc1c2c(cc3c1C(=O)CC3=O)CCC2. The van der Waals surface area contributed by atoms with Crippen LogP contribution < -0.4 is 0 Å². The number of rotatable bonds is 0. The topological polar surface area (TPSA) is 34.1 Å². The van der Waals surface area contributed by atoms with Gasteiger partial charge in [-0.2, -0.15) is 0 Å². The van der Waals surface area contributed by atoms with Crippen LogP contribution in [0.2, 0.25) is 0 Å². The molecule has 0 aromatic heterocycles. The van der Waals surface area contributed by atoms with E-state index in [0.29, 0.717) is 11.1 Å². The number of carbonyl (C=O) groups excluding carboxylic acids is 2. The molecule has 0 fully saturated rings. The van der Waals surface area contributed by atoms with E-state index in [4.69, 9.17) is 0 Å². The fraction of sp³-hybridized carbons (Fsp3) is 0.385. The molecule has 2 heteroatoms. The van der Waals surface area contributed by atoms with Crippen molar-refractivity contribution in [1.29, 1.82) is 0 Å². The quantitative estimate of drug-likeness (QED) is 0.602. The number of hydrogen-bond donors (Lipinski definition) is 0. The largest absolute Gasteiger partial charge is 0.294 e. The molecular formula is C13H12O2. The molecular weight excluding hydrogens is 188 g/mol. The minimum atomic E-state index is 0.00722. The lowest BCUT2D eigenvalue weighted by atomic mass is 9.95. The summed E-state index contributed by atoms with van der Waals surface area (Å²) in [6.45, 7) is 1.99. The molecule has 0 saturated heterocycles. The lowest BCUT2D eigenvalue weighted by molar-refractivity contribution is 0.0923. The summed E-state index contributed by atoms with van der Waals surface area (Å²) in [6.07, 6.45) is 3.36. The van der Waals surface area contributed by atoms with Gasteiger partial charge in [-0.05, 0) is 48.9 Å². The molecule has 1 aromatic carbocycles. The summed E-state index contributed by atoms with van der Waals surface area (Å²) in [5, 5.41) is 0. The molecule has 0 radical (unpaired) electrons. The molecule has 15 heavy (non-hydrogen) atoms. The van der Waals surface area contributed by atoms with Crippen molar-refractivity contribution < 1.29 is 9.59 Å². The number of ketones is 2. The van der Waals surface area contributed by atoms with Crippen molar-refractivity contribution in [3.63, 3.8) is 0 Å². The van der Waals surface area contributed by atoms with E-state index in [0.717, 1.165) is 24.8 Å². The van der Waals surface area contributed by atoms with Crippen LogP contribution in [0, 0.1) is 6.92 Å². The number of hydrogen-bond acceptors (Lipinski definition) is 2. The first-order valence-corrected chi connectivity index (χ1v) is 5.40. The fourth-order valence-electron chi connectivity index (χ4n) is 2.86. The van der Waals surface area contributed by atoms with E-state index in [1.165, 1.54) is 11.1 Å². The molecule has 3 rings (SSSR count). The van der Waals surface area contributed by atoms with Crippen molar-refractivity contribution in [2.75, 3.05) is 0 Å². The van der Waals surface area contributed by atoms with E-state index in [1.54, 1.807) is 0 Å². The Kier molecular flexibility index (Phi) is 1.64. The molecule has 0 bridgehead atoms. The molecule has 1 aromatic rings. The van der Waals surface area contributed by atoms with Crippen molar-refractivity contribution >= 4 is 11.6 Å². The maximum absolute atomic E-state index is 11.7. The van der Waals surface area contributed by atoms with Crippen LogP contribution in [0.4, 0.5) is 0 Å². The zero-order chi connectivity index (χ0) is 10.6. The Balaban J connectivity index is 2.35. The average Bonchev–Trinajstić information content (AvgIpc) is 2.73. The Morgan fingerprint density at radius 1 is 1.13 bits per heavy atom. The highest BCUT2D eigenvalue weighted by Crippen LogP contribution is 2.34. The molecule has 0 amide bonds. The monoisotopic (exact) mass is 200 g/mol. The highest BCUT2D eigenvalue weighted by molar-refractivity contribution is 6.25. The zero-order valence-electron chi connectivity index (χ0n) is 8.72. The van der Waals surface area contributed by atoms with E-state index in [2.05, 4.69) is 0 Å². The normalized spacial score (nSPS) is 18.2. The minimum Gasteiger partial charge on any atom is -0.294 e. The van der Waals surface area contributed by atoms with Crippen molar-refractivity contribution in [3.8, 4) is 0 Å². The average molecular weight is 200 g/mol. The van der Waals surface area contributed by atoms with Crippen LogP contribution in [0.15, 0.2) is 6.07 Å². The molecule has 0 unspecified atom stereocenters. The summed E-state index contributed by atoms with van der Waals surface area (Å²) >= 11 is 0. The molecule has 0 saturated carbocycles. The summed E-state index contributed by atoms with van der Waals surface area (Å²) in [7, 11) is 0. The minimum absolute atomic E-state index is 0.00722. The van der Waals surface area contributed by atoms with E-state index in [1.807, 2.05) is 13.0 Å². The van der Waals surface area contributed by atoms with Gasteiger partial charge in [0.15, 0.2) is 11.6 Å².